The van der Waals surface area contributed by atoms with Crippen LogP contribution < -0.4 is 10.1 Å². The number of nitrogens with one attached hydrogen (secondary N) is 1. The monoisotopic (exact) mass is 416 g/mol. The number of rotatable bonds is 11. The van der Waals surface area contributed by atoms with Crippen LogP contribution in [-0.2, 0) is 16.1 Å². The molecule has 2 aromatic carbocycles. The molecule has 0 spiro atoms. The summed E-state index contributed by atoms with van der Waals surface area (Å²) in [5, 5.41) is 3.48. The second-order valence-corrected chi connectivity index (χ2v) is 7.17. The first-order valence-corrected chi connectivity index (χ1v) is 10.4. The summed E-state index contributed by atoms with van der Waals surface area (Å²) in [4.78, 5) is 27.2. The summed E-state index contributed by atoms with van der Waals surface area (Å²) in [7, 11) is 0. The summed E-state index contributed by atoms with van der Waals surface area (Å²) in [6.45, 7) is 5.13. The van der Waals surface area contributed by atoms with Crippen LogP contribution in [0.15, 0.2) is 54.6 Å². The fraction of sp³-hybridized carbons (Fsp3) is 0.391. The second-order valence-electron chi connectivity index (χ2n) is 6.73. The van der Waals surface area contributed by atoms with Crippen LogP contribution in [0.4, 0.5) is 0 Å². The highest BCUT2D eigenvalue weighted by Gasteiger charge is 2.27. The van der Waals surface area contributed by atoms with Crippen LogP contribution in [0.1, 0.15) is 38.7 Å². The maximum absolute atomic E-state index is 13.0. The van der Waals surface area contributed by atoms with Gasteiger partial charge in [0.15, 0.2) is 0 Å². The smallest absolute Gasteiger partial charge is 0.242 e. The lowest BCUT2D eigenvalue weighted by Gasteiger charge is -2.30. The van der Waals surface area contributed by atoms with Gasteiger partial charge in [-0.1, -0.05) is 48.9 Å². The fourth-order valence-corrected chi connectivity index (χ4v) is 3.20. The van der Waals surface area contributed by atoms with Crippen molar-refractivity contribution in [2.24, 2.45) is 0 Å². The van der Waals surface area contributed by atoms with Gasteiger partial charge in [0, 0.05) is 24.5 Å². The van der Waals surface area contributed by atoms with E-state index in [1.807, 2.05) is 56.3 Å². The van der Waals surface area contributed by atoms with Gasteiger partial charge in [-0.15, -0.1) is 0 Å². The van der Waals surface area contributed by atoms with E-state index in [0.29, 0.717) is 44.0 Å². The van der Waals surface area contributed by atoms with Gasteiger partial charge in [-0.05, 0) is 49.6 Å². The number of likely N-dealkylation sites (N-methyl/N-ethyl adjacent to an activating group) is 1. The molecule has 2 aromatic rings. The third kappa shape index (κ3) is 7.42. The number of benzene rings is 2. The number of hydrogen-bond acceptors (Lipinski definition) is 3. The van der Waals surface area contributed by atoms with Crippen molar-refractivity contribution in [3.8, 4) is 5.75 Å². The molecule has 0 aliphatic rings. The zero-order valence-electron chi connectivity index (χ0n) is 17.1. The minimum absolute atomic E-state index is 0.0604. The number of amides is 2. The van der Waals surface area contributed by atoms with E-state index < -0.39 is 6.04 Å². The van der Waals surface area contributed by atoms with E-state index in [-0.39, 0.29) is 11.8 Å². The highest BCUT2D eigenvalue weighted by Crippen LogP contribution is 2.17. The third-order valence-corrected chi connectivity index (χ3v) is 4.80. The van der Waals surface area contributed by atoms with E-state index in [4.69, 9.17) is 16.3 Å². The molecule has 2 rings (SSSR count). The van der Waals surface area contributed by atoms with Crippen molar-refractivity contribution in [1.29, 1.82) is 0 Å². The molecule has 1 N–H and O–H groups in total. The molecule has 0 aliphatic carbocycles. The molecule has 6 heteroatoms. The molecule has 0 saturated heterocycles. The van der Waals surface area contributed by atoms with Crippen molar-refractivity contribution >= 4 is 23.4 Å². The Morgan fingerprint density at radius 3 is 2.38 bits per heavy atom. The zero-order chi connectivity index (χ0) is 21.1. The predicted octanol–water partition coefficient (Wildman–Crippen LogP) is 4.44. The highest BCUT2D eigenvalue weighted by molar-refractivity contribution is 6.30. The topological polar surface area (TPSA) is 58.6 Å². The van der Waals surface area contributed by atoms with E-state index in [2.05, 4.69) is 5.32 Å². The molecule has 0 aromatic heterocycles. The second kappa shape index (κ2) is 12.1. The van der Waals surface area contributed by atoms with Crippen LogP contribution in [0.2, 0.25) is 5.02 Å². The minimum Gasteiger partial charge on any atom is -0.494 e. The van der Waals surface area contributed by atoms with E-state index in [1.165, 1.54) is 0 Å². The average Bonchev–Trinajstić information content (AvgIpc) is 2.73. The first-order valence-electron chi connectivity index (χ1n) is 10.0. The van der Waals surface area contributed by atoms with Crippen molar-refractivity contribution in [2.45, 2.75) is 45.7 Å². The number of nitrogens with zero attached hydrogens (tertiary/aromatic N) is 1. The molecule has 5 nitrogen and oxygen atoms in total. The number of carbonyl (C=O) groups excluding carboxylic acids is 2. The summed E-state index contributed by atoms with van der Waals surface area (Å²) in [5.41, 5.74) is 0.936. The first-order chi connectivity index (χ1) is 14.0. The van der Waals surface area contributed by atoms with Gasteiger partial charge in [0.2, 0.25) is 11.8 Å². The van der Waals surface area contributed by atoms with Crippen molar-refractivity contribution < 1.29 is 14.3 Å². The van der Waals surface area contributed by atoms with Crippen molar-refractivity contribution in [1.82, 2.24) is 10.2 Å². The van der Waals surface area contributed by atoms with E-state index in [0.717, 1.165) is 11.3 Å². The predicted molar refractivity (Wildman–Crippen MR) is 116 cm³/mol. The largest absolute Gasteiger partial charge is 0.494 e. The highest BCUT2D eigenvalue weighted by atomic mass is 35.5. The van der Waals surface area contributed by atoms with Crippen molar-refractivity contribution in [2.75, 3.05) is 13.2 Å². The molecule has 29 heavy (non-hydrogen) atoms. The Bertz CT molecular complexity index is 765. The quantitative estimate of drug-likeness (QED) is 0.551. The van der Waals surface area contributed by atoms with Crippen LogP contribution in [0, 0.1) is 0 Å². The first kappa shape index (κ1) is 22.8. The minimum atomic E-state index is -0.506. The lowest BCUT2D eigenvalue weighted by molar-refractivity contribution is -0.141. The van der Waals surface area contributed by atoms with E-state index in [9.17, 15) is 9.59 Å². The van der Waals surface area contributed by atoms with Gasteiger partial charge in [0.25, 0.3) is 0 Å². The molecule has 0 radical (unpaired) electrons. The number of carbonyl (C=O) groups is 2. The Kier molecular flexibility index (Phi) is 9.51. The third-order valence-electron chi connectivity index (χ3n) is 4.55. The summed E-state index contributed by atoms with van der Waals surface area (Å²) < 4.78 is 5.68. The Labute approximate surface area is 178 Å². The molecule has 1 unspecified atom stereocenters. The number of ether oxygens (including phenoxy) is 1. The fourth-order valence-electron chi connectivity index (χ4n) is 3.07. The molecule has 0 saturated carbocycles. The van der Waals surface area contributed by atoms with Crippen molar-refractivity contribution in [3.05, 3.63) is 65.2 Å². The van der Waals surface area contributed by atoms with Gasteiger partial charge in [-0.3, -0.25) is 9.59 Å². The van der Waals surface area contributed by atoms with Crippen LogP contribution >= 0.6 is 11.6 Å². The summed E-state index contributed by atoms with van der Waals surface area (Å²) in [6, 6.07) is 16.4. The van der Waals surface area contributed by atoms with Crippen molar-refractivity contribution in [3.63, 3.8) is 0 Å². The Balaban J connectivity index is 2.02. The molecular formula is C23H29ClN2O3. The normalized spacial score (nSPS) is 11.6. The average molecular weight is 417 g/mol. The van der Waals surface area contributed by atoms with Gasteiger partial charge in [0.1, 0.15) is 11.8 Å². The summed E-state index contributed by atoms with van der Waals surface area (Å²) in [6.07, 6.45) is 1.44. The molecule has 0 fully saturated rings. The van der Waals surface area contributed by atoms with Gasteiger partial charge < -0.3 is 15.0 Å². The standard InChI is InChI=1S/C23H29ClN2O3/c1-3-21(23(28)25-4-2)26(17-18-12-14-19(24)15-13-18)22(27)11-8-16-29-20-9-6-5-7-10-20/h5-7,9-10,12-15,21H,3-4,8,11,16-17H2,1-2H3,(H,25,28). The zero-order valence-corrected chi connectivity index (χ0v) is 17.8. The van der Waals surface area contributed by atoms with Crippen LogP contribution in [0.3, 0.4) is 0 Å². The Morgan fingerprint density at radius 1 is 1.07 bits per heavy atom. The molecule has 0 heterocycles. The molecular weight excluding hydrogens is 388 g/mol. The van der Waals surface area contributed by atoms with Crippen LogP contribution in [0.5, 0.6) is 5.75 Å². The van der Waals surface area contributed by atoms with Crippen LogP contribution in [0.25, 0.3) is 0 Å². The number of hydrogen-bond donors (Lipinski definition) is 1. The number of halogens is 1. The van der Waals surface area contributed by atoms with E-state index in [1.54, 1.807) is 17.0 Å². The Hall–Kier alpha value is -2.53. The lowest BCUT2D eigenvalue weighted by Crippen LogP contribution is -2.49. The molecule has 1 atom stereocenters. The van der Waals surface area contributed by atoms with E-state index >= 15 is 0 Å². The maximum Gasteiger partial charge on any atom is 0.242 e. The molecule has 0 bridgehead atoms. The molecule has 0 aliphatic heterocycles. The van der Waals surface area contributed by atoms with Gasteiger partial charge in [0.05, 0.1) is 6.61 Å². The summed E-state index contributed by atoms with van der Waals surface area (Å²) in [5.74, 6) is 0.597. The van der Waals surface area contributed by atoms with Gasteiger partial charge in [-0.25, -0.2) is 0 Å². The Morgan fingerprint density at radius 2 is 1.76 bits per heavy atom. The lowest BCUT2D eigenvalue weighted by atomic mass is 10.1. The maximum atomic E-state index is 13.0. The molecule has 156 valence electrons. The SMILES string of the molecule is CCNC(=O)C(CC)N(Cc1ccc(Cl)cc1)C(=O)CCCOc1ccccc1. The van der Waals surface area contributed by atoms with Gasteiger partial charge in [-0.2, -0.15) is 0 Å². The molecule has 2 amide bonds. The van der Waals surface area contributed by atoms with Crippen LogP contribution in [-0.4, -0.2) is 35.9 Å². The van der Waals surface area contributed by atoms with Gasteiger partial charge >= 0.3 is 0 Å². The summed E-state index contributed by atoms with van der Waals surface area (Å²) >= 11 is 5.97. The number of para-hydroxylation sites is 1.